The Morgan fingerprint density at radius 1 is 1.03 bits per heavy atom. The van der Waals surface area contributed by atoms with E-state index in [1.54, 1.807) is 0 Å². The Labute approximate surface area is 170 Å². The predicted octanol–water partition coefficient (Wildman–Crippen LogP) is 4.14. The van der Waals surface area contributed by atoms with Gasteiger partial charge < -0.3 is 18.8 Å². The van der Waals surface area contributed by atoms with Crippen molar-refractivity contribution >= 4 is 5.91 Å². The van der Waals surface area contributed by atoms with E-state index in [9.17, 15) is 4.79 Å². The lowest BCUT2D eigenvalue weighted by atomic mass is 9.86. The summed E-state index contributed by atoms with van der Waals surface area (Å²) < 4.78 is 16.8. The summed E-state index contributed by atoms with van der Waals surface area (Å²) >= 11 is 0. The number of benzene rings is 1. The number of ether oxygens (including phenoxy) is 2. The van der Waals surface area contributed by atoms with Crippen molar-refractivity contribution in [1.29, 1.82) is 0 Å². The smallest absolute Gasteiger partial charge is 0.247 e. The zero-order valence-electron chi connectivity index (χ0n) is 16.6. The van der Waals surface area contributed by atoms with Crippen molar-refractivity contribution < 1.29 is 18.7 Å². The molecule has 2 fully saturated rings. The second kappa shape index (κ2) is 8.05. The van der Waals surface area contributed by atoms with Gasteiger partial charge in [0.15, 0.2) is 11.5 Å². The van der Waals surface area contributed by atoms with Crippen molar-refractivity contribution in [3.05, 3.63) is 24.1 Å². The second-order valence-electron chi connectivity index (χ2n) is 8.40. The molecular formula is C22H27N3O4. The van der Waals surface area contributed by atoms with E-state index in [4.69, 9.17) is 13.9 Å². The number of likely N-dealkylation sites (tertiary alicyclic amines) is 1. The first-order valence-electron chi connectivity index (χ1n) is 10.8. The molecule has 1 unspecified atom stereocenters. The first kappa shape index (κ1) is 18.5. The maximum absolute atomic E-state index is 12.8. The molecule has 1 saturated carbocycles. The van der Waals surface area contributed by atoms with Crippen LogP contribution in [0.15, 0.2) is 22.6 Å². The summed E-state index contributed by atoms with van der Waals surface area (Å²) in [5, 5.41) is 8.53. The molecule has 5 rings (SSSR count). The molecule has 1 aromatic carbocycles. The summed E-state index contributed by atoms with van der Waals surface area (Å²) in [7, 11) is 0. The van der Waals surface area contributed by atoms with E-state index < -0.39 is 0 Å². The van der Waals surface area contributed by atoms with Crippen LogP contribution in [-0.4, -0.2) is 40.9 Å². The Balaban J connectivity index is 1.24. The van der Waals surface area contributed by atoms with Gasteiger partial charge in [-0.15, -0.1) is 10.2 Å². The van der Waals surface area contributed by atoms with Gasteiger partial charge in [0.1, 0.15) is 0 Å². The topological polar surface area (TPSA) is 77.7 Å². The number of amides is 1. The van der Waals surface area contributed by atoms with Gasteiger partial charge in [0, 0.05) is 25.1 Å². The van der Waals surface area contributed by atoms with Crippen molar-refractivity contribution in [1.82, 2.24) is 15.1 Å². The summed E-state index contributed by atoms with van der Waals surface area (Å²) in [6.45, 7) is 1.75. The van der Waals surface area contributed by atoms with Crippen molar-refractivity contribution in [2.75, 3.05) is 19.9 Å². The van der Waals surface area contributed by atoms with Crippen LogP contribution in [0.1, 0.15) is 63.2 Å². The van der Waals surface area contributed by atoms with Crippen LogP contribution in [0.5, 0.6) is 11.5 Å². The van der Waals surface area contributed by atoms with Gasteiger partial charge in [-0.05, 0) is 49.8 Å². The number of hydrogen-bond donors (Lipinski definition) is 0. The van der Waals surface area contributed by atoms with Crippen LogP contribution in [0, 0.1) is 5.92 Å². The van der Waals surface area contributed by atoms with Crippen molar-refractivity contribution in [2.45, 2.75) is 57.3 Å². The standard InChI is InChI=1S/C22H27N3O4/c26-20(11-15-5-2-1-3-6-15)25-10-4-7-17(13-25)22-24-23-21(29-22)16-8-9-18-19(12-16)28-14-27-18/h8-9,12,15,17H,1-7,10-11,13-14H2. The number of carbonyl (C=O) groups excluding carboxylic acids is 1. The number of aromatic nitrogens is 2. The minimum absolute atomic E-state index is 0.106. The molecule has 1 amide bonds. The first-order valence-corrected chi connectivity index (χ1v) is 10.8. The molecule has 1 saturated heterocycles. The zero-order chi connectivity index (χ0) is 19.6. The summed E-state index contributed by atoms with van der Waals surface area (Å²) in [5.74, 6) is 3.48. The number of piperidine rings is 1. The molecule has 1 aliphatic carbocycles. The van der Waals surface area contributed by atoms with Crippen LogP contribution in [0.4, 0.5) is 0 Å². The highest BCUT2D eigenvalue weighted by Gasteiger charge is 2.30. The molecule has 154 valence electrons. The minimum atomic E-state index is 0.106. The van der Waals surface area contributed by atoms with Gasteiger partial charge in [-0.1, -0.05) is 19.3 Å². The third-order valence-electron chi connectivity index (χ3n) is 6.37. The summed E-state index contributed by atoms with van der Waals surface area (Å²) in [4.78, 5) is 14.8. The van der Waals surface area contributed by atoms with Crippen molar-refractivity contribution in [3.63, 3.8) is 0 Å². The number of hydrogen-bond acceptors (Lipinski definition) is 6. The SMILES string of the molecule is O=C(CC1CCCCC1)N1CCCC(c2nnc(-c3ccc4c(c3)OCO4)o2)C1. The van der Waals surface area contributed by atoms with Gasteiger partial charge in [0.25, 0.3) is 0 Å². The van der Waals surface area contributed by atoms with Crippen LogP contribution in [0.25, 0.3) is 11.5 Å². The number of fused-ring (bicyclic) bond motifs is 1. The van der Waals surface area contributed by atoms with Crippen LogP contribution in [-0.2, 0) is 4.79 Å². The molecule has 7 heteroatoms. The molecule has 0 N–H and O–H groups in total. The number of nitrogens with zero attached hydrogens (tertiary/aromatic N) is 3. The van der Waals surface area contributed by atoms with E-state index in [0.717, 1.165) is 30.7 Å². The largest absolute Gasteiger partial charge is 0.454 e. The highest BCUT2D eigenvalue weighted by Crippen LogP contribution is 2.36. The Morgan fingerprint density at radius 3 is 2.79 bits per heavy atom. The van der Waals surface area contributed by atoms with E-state index in [2.05, 4.69) is 10.2 Å². The van der Waals surface area contributed by atoms with E-state index in [1.807, 2.05) is 23.1 Å². The molecule has 1 aromatic heterocycles. The molecule has 3 aliphatic rings. The van der Waals surface area contributed by atoms with E-state index in [-0.39, 0.29) is 18.6 Å². The van der Waals surface area contributed by atoms with Crippen molar-refractivity contribution in [2.24, 2.45) is 5.92 Å². The van der Waals surface area contributed by atoms with Crippen molar-refractivity contribution in [3.8, 4) is 23.0 Å². The van der Waals surface area contributed by atoms with Gasteiger partial charge >= 0.3 is 0 Å². The molecule has 2 aromatic rings. The molecule has 0 spiro atoms. The maximum atomic E-state index is 12.8. The van der Waals surface area contributed by atoms with Crippen LogP contribution < -0.4 is 9.47 Å². The van der Waals surface area contributed by atoms with E-state index >= 15 is 0 Å². The van der Waals surface area contributed by atoms with Crippen LogP contribution in [0.3, 0.4) is 0 Å². The molecule has 2 aliphatic heterocycles. The lowest BCUT2D eigenvalue weighted by Crippen LogP contribution is -2.40. The third kappa shape index (κ3) is 3.95. The molecule has 7 nitrogen and oxygen atoms in total. The number of rotatable bonds is 4. The Bertz CT molecular complexity index is 875. The minimum Gasteiger partial charge on any atom is -0.454 e. The fourth-order valence-electron chi connectivity index (χ4n) is 4.72. The summed E-state index contributed by atoms with van der Waals surface area (Å²) in [6.07, 6.45) is 8.89. The molecule has 3 heterocycles. The van der Waals surface area contributed by atoms with Crippen LogP contribution in [0.2, 0.25) is 0 Å². The van der Waals surface area contributed by atoms with Gasteiger partial charge in [0.2, 0.25) is 24.5 Å². The molecule has 0 bridgehead atoms. The summed E-state index contributed by atoms with van der Waals surface area (Å²) in [6, 6.07) is 5.61. The van der Waals surface area contributed by atoms with Gasteiger partial charge in [-0.25, -0.2) is 0 Å². The highest BCUT2D eigenvalue weighted by atomic mass is 16.7. The molecule has 1 atom stereocenters. The molecule has 0 radical (unpaired) electrons. The van der Waals surface area contributed by atoms with E-state index in [0.29, 0.717) is 36.4 Å². The van der Waals surface area contributed by atoms with Crippen LogP contribution >= 0.6 is 0 Å². The summed E-state index contributed by atoms with van der Waals surface area (Å²) in [5.41, 5.74) is 0.814. The zero-order valence-corrected chi connectivity index (χ0v) is 16.6. The van der Waals surface area contributed by atoms with Gasteiger partial charge in [-0.3, -0.25) is 4.79 Å². The lowest BCUT2D eigenvalue weighted by Gasteiger charge is -2.32. The third-order valence-corrected chi connectivity index (χ3v) is 6.37. The Hall–Kier alpha value is -2.57. The maximum Gasteiger partial charge on any atom is 0.247 e. The fourth-order valence-corrected chi connectivity index (χ4v) is 4.72. The monoisotopic (exact) mass is 397 g/mol. The number of carbonyl (C=O) groups is 1. The van der Waals surface area contributed by atoms with E-state index in [1.165, 1.54) is 32.1 Å². The Morgan fingerprint density at radius 2 is 1.90 bits per heavy atom. The predicted molar refractivity (Wildman–Crippen MR) is 106 cm³/mol. The second-order valence-corrected chi connectivity index (χ2v) is 8.40. The average Bonchev–Trinajstić information content (AvgIpc) is 3.44. The Kier molecular flexibility index (Phi) is 5.12. The molecule has 29 heavy (non-hydrogen) atoms. The fraction of sp³-hybridized carbons (Fsp3) is 0.591. The van der Waals surface area contributed by atoms with Gasteiger partial charge in [0.05, 0.1) is 5.92 Å². The normalized spacial score (nSPS) is 22.1. The van der Waals surface area contributed by atoms with Gasteiger partial charge in [-0.2, -0.15) is 0 Å². The lowest BCUT2D eigenvalue weighted by molar-refractivity contribution is -0.133. The highest BCUT2D eigenvalue weighted by molar-refractivity contribution is 5.76. The first-order chi connectivity index (χ1) is 14.3. The molecular weight excluding hydrogens is 370 g/mol. The average molecular weight is 397 g/mol. The quantitative estimate of drug-likeness (QED) is 0.772.